The second kappa shape index (κ2) is 5.21. The lowest BCUT2D eigenvalue weighted by atomic mass is 10.1. The lowest BCUT2D eigenvalue weighted by Gasteiger charge is -2.14. The molecule has 5 nitrogen and oxygen atoms in total. The quantitative estimate of drug-likeness (QED) is 0.771. The van der Waals surface area contributed by atoms with Gasteiger partial charge in [0, 0.05) is 19.0 Å². The van der Waals surface area contributed by atoms with Gasteiger partial charge in [0.25, 0.3) is 0 Å². The maximum absolute atomic E-state index is 13.6. The first kappa shape index (κ1) is 13.3. The van der Waals surface area contributed by atoms with Crippen LogP contribution in [0.1, 0.15) is 23.2 Å². The van der Waals surface area contributed by atoms with Gasteiger partial charge in [0.05, 0.1) is 5.56 Å². The van der Waals surface area contributed by atoms with Crippen molar-refractivity contribution in [1.82, 2.24) is 5.32 Å². The summed E-state index contributed by atoms with van der Waals surface area (Å²) in [5.74, 6) is -3.43. The van der Waals surface area contributed by atoms with Crippen LogP contribution in [0.25, 0.3) is 0 Å². The molecule has 1 aromatic carbocycles. The van der Waals surface area contributed by atoms with Crippen LogP contribution in [0, 0.1) is 11.6 Å². The molecule has 0 saturated carbocycles. The predicted octanol–water partition coefficient (Wildman–Crippen LogP) is 1.35. The first-order chi connectivity index (χ1) is 8.97. The Balaban J connectivity index is 2.08. The monoisotopic (exact) mass is 270 g/mol. The van der Waals surface area contributed by atoms with E-state index >= 15 is 0 Å². The van der Waals surface area contributed by atoms with Gasteiger partial charge in [0.2, 0.25) is 5.91 Å². The van der Waals surface area contributed by atoms with Crippen LogP contribution in [0.2, 0.25) is 0 Å². The maximum atomic E-state index is 13.6. The van der Waals surface area contributed by atoms with Crippen molar-refractivity contribution >= 4 is 17.6 Å². The zero-order valence-corrected chi connectivity index (χ0v) is 9.87. The molecule has 0 bridgehead atoms. The third-order valence-corrected chi connectivity index (χ3v) is 2.90. The predicted molar refractivity (Wildman–Crippen MR) is 63.0 cm³/mol. The van der Waals surface area contributed by atoms with Gasteiger partial charge in [-0.2, -0.15) is 0 Å². The summed E-state index contributed by atoms with van der Waals surface area (Å²) in [6.07, 6.45) is 0.998. The molecule has 1 amide bonds. The van der Waals surface area contributed by atoms with Crippen molar-refractivity contribution in [1.29, 1.82) is 0 Å². The van der Waals surface area contributed by atoms with Crippen LogP contribution in [-0.2, 0) is 4.79 Å². The minimum Gasteiger partial charge on any atom is -0.478 e. The van der Waals surface area contributed by atoms with Gasteiger partial charge < -0.3 is 15.7 Å². The Bertz CT molecular complexity index is 511. The number of carboxylic acid groups (broad SMARTS) is 1. The Morgan fingerprint density at radius 1 is 1.42 bits per heavy atom. The summed E-state index contributed by atoms with van der Waals surface area (Å²) in [7, 11) is 0. The SMILES string of the molecule is O=C1CCC(CNc2c(F)cc(C(=O)O)cc2F)N1. The molecule has 0 radical (unpaired) electrons. The summed E-state index contributed by atoms with van der Waals surface area (Å²) < 4.78 is 27.1. The third kappa shape index (κ3) is 2.98. The highest BCUT2D eigenvalue weighted by atomic mass is 19.1. The molecule has 1 aliphatic rings. The van der Waals surface area contributed by atoms with E-state index in [-0.39, 0.29) is 24.2 Å². The average Bonchev–Trinajstić information content (AvgIpc) is 2.73. The van der Waals surface area contributed by atoms with Crippen LogP contribution < -0.4 is 10.6 Å². The Kier molecular flexibility index (Phi) is 3.64. The van der Waals surface area contributed by atoms with E-state index in [2.05, 4.69) is 10.6 Å². The van der Waals surface area contributed by atoms with Crippen molar-refractivity contribution in [3.05, 3.63) is 29.3 Å². The van der Waals surface area contributed by atoms with Crippen molar-refractivity contribution < 1.29 is 23.5 Å². The zero-order chi connectivity index (χ0) is 14.0. The van der Waals surface area contributed by atoms with E-state index in [1.165, 1.54) is 0 Å². The fraction of sp³-hybridized carbons (Fsp3) is 0.333. The largest absolute Gasteiger partial charge is 0.478 e. The number of carbonyl (C=O) groups is 2. The van der Waals surface area contributed by atoms with Crippen LogP contribution in [0.3, 0.4) is 0 Å². The number of hydrogen-bond acceptors (Lipinski definition) is 3. The van der Waals surface area contributed by atoms with E-state index in [9.17, 15) is 18.4 Å². The van der Waals surface area contributed by atoms with Gasteiger partial charge in [-0.15, -0.1) is 0 Å². The molecule has 0 aromatic heterocycles. The van der Waals surface area contributed by atoms with Gasteiger partial charge in [-0.3, -0.25) is 4.79 Å². The molecule has 1 unspecified atom stereocenters. The molecule has 1 saturated heterocycles. The summed E-state index contributed by atoms with van der Waals surface area (Å²) in [5, 5.41) is 13.9. The normalized spacial score (nSPS) is 18.2. The van der Waals surface area contributed by atoms with Crippen LogP contribution in [-0.4, -0.2) is 29.6 Å². The molecule has 102 valence electrons. The number of nitrogens with one attached hydrogen (secondary N) is 2. The average molecular weight is 270 g/mol. The Hall–Kier alpha value is -2.18. The van der Waals surface area contributed by atoms with Crippen LogP contribution in [0.15, 0.2) is 12.1 Å². The van der Waals surface area contributed by atoms with E-state index in [0.717, 1.165) is 12.1 Å². The highest BCUT2D eigenvalue weighted by molar-refractivity contribution is 5.88. The smallest absolute Gasteiger partial charge is 0.335 e. The van der Waals surface area contributed by atoms with Crippen LogP contribution in [0.5, 0.6) is 0 Å². The molecule has 0 spiro atoms. The number of hydrogen-bond donors (Lipinski definition) is 3. The molecule has 0 aliphatic carbocycles. The van der Waals surface area contributed by atoms with Gasteiger partial charge in [-0.1, -0.05) is 0 Å². The van der Waals surface area contributed by atoms with Gasteiger partial charge >= 0.3 is 5.97 Å². The molecule has 2 rings (SSSR count). The maximum Gasteiger partial charge on any atom is 0.335 e. The number of anilines is 1. The first-order valence-corrected chi connectivity index (χ1v) is 5.73. The topological polar surface area (TPSA) is 78.4 Å². The summed E-state index contributed by atoms with van der Waals surface area (Å²) in [4.78, 5) is 21.6. The Labute approximate surface area is 107 Å². The molecular weight excluding hydrogens is 258 g/mol. The second-order valence-corrected chi connectivity index (χ2v) is 4.30. The Morgan fingerprint density at radius 3 is 2.53 bits per heavy atom. The van der Waals surface area contributed by atoms with Crippen molar-refractivity contribution in [3.8, 4) is 0 Å². The molecule has 3 N–H and O–H groups in total. The van der Waals surface area contributed by atoms with Gasteiger partial charge in [-0.05, 0) is 18.6 Å². The summed E-state index contributed by atoms with van der Waals surface area (Å²) in [5.41, 5.74) is -0.833. The Morgan fingerprint density at radius 2 is 2.05 bits per heavy atom. The highest BCUT2D eigenvalue weighted by Crippen LogP contribution is 2.21. The van der Waals surface area contributed by atoms with Crippen LogP contribution in [0.4, 0.5) is 14.5 Å². The van der Waals surface area contributed by atoms with Crippen molar-refractivity contribution in [2.24, 2.45) is 0 Å². The number of amides is 1. The van der Waals surface area contributed by atoms with Crippen molar-refractivity contribution in [2.75, 3.05) is 11.9 Å². The number of aromatic carboxylic acids is 1. The van der Waals surface area contributed by atoms with E-state index in [1.54, 1.807) is 0 Å². The van der Waals surface area contributed by atoms with Crippen molar-refractivity contribution in [3.63, 3.8) is 0 Å². The first-order valence-electron chi connectivity index (χ1n) is 5.73. The summed E-state index contributed by atoms with van der Waals surface area (Å²) in [6.45, 7) is 0.187. The molecule has 1 aliphatic heterocycles. The lowest BCUT2D eigenvalue weighted by Crippen LogP contribution is -2.32. The lowest BCUT2D eigenvalue weighted by molar-refractivity contribution is -0.119. The number of carbonyl (C=O) groups excluding carboxylic acids is 1. The molecule has 1 aromatic rings. The van der Waals surface area contributed by atoms with E-state index in [1.807, 2.05) is 0 Å². The molecule has 1 heterocycles. The summed E-state index contributed by atoms with van der Waals surface area (Å²) in [6, 6.07) is 1.33. The number of rotatable bonds is 4. The fourth-order valence-corrected chi connectivity index (χ4v) is 1.92. The van der Waals surface area contributed by atoms with Gasteiger partial charge in [0.15, 0.2) is 0 Å². The fourth-order valence-electron chi connectivity index (χ4n) is 1.92. The van der Waals surface area contributed by atoms with E-state index in [4.69, 9.17) is 5.11 Å². The minimum absolute atomic E-state index is 0.0889. The van der Waals surface area contributed by atoms with E-state index in [0.29, 0.717) is 12.8 Å². The van der Waals surface area contributed by atoms with Crippen molar-refractivity contribution in [2.45, 2.75) is 18.9 Å². The number of halogens is 2. The van der Waals surface area contributed by atoms with E-state index < -0.39 is 23.2 Å². The van der Waals surface area contributed by atoms with Crippen LogP contribution >= 0.6 is 0 Å². The molecule has 1 atom stereocenters. The zero-order valence-electron chi connectivity index (χ0n) is 9.87. The van der Waals surface area contributed by atoms with Gasteiger partial charge in [-0.25, -0.2) is 13.6 Å². The highest BCUT2D eigenvalue weighted by Gasteiger charge is 2.21. The summed E-state index contributed by atoms with van der Waals surface area (Å²) >= 11 is 0. The van der Waals surface area contributed by atoms with Gasteiger partial charge in [0.1, 0.15) is 17.3 Å². The minimum atomic E-state index is -1.40. The molecular formula is C12H12F2N2O3. The second-order valence-electron chi connectivity index (χ2n) is 4.30. The number of carboxylic acids is 1. The standard InChI is InChI=1S/C12H12F2N2O3/c13-8-3-6(12(18)19)4-9(14)11(8)15-5-7-1-2-10(17)16-7/h3-4,7,15H,1-2,5H2,(H,16,17)(H,18,19). The molecule has 19 heavy (non-hydrogen) atoms. The number of benzene rings is 1. The molecule has 1 fully saturated rings. The molecule has 7 heteroatoms. The third-order valence-electron chi connectivity index (χ3n) is 2.90.